The molecule has 2 rings (SSSR count). The summed E-state index contributed by atoms with van der Waals surface area (Å²) in [6.45, 7) is 3.06. The second-order valence-corrected chi connectivity index (χ2v) is 7.04. The van der Waals surface area contributed by atoms with Crippen molar-refractivity contribution in [1.82, 2.24) is 9.80 Å². The molecule has 0 N–H and O–H groups in total. The minimum absolute atomic E-state index is 0.0748. The number of hydrogen-bond donors (Lipinski definition) is 0. The van der Waals surface area contributed by atoms with Crippen molar-refractivity contribution < 1.29 is 4.79 Å². The number of amides is 1. The van der Waals surface area contributed by atoms with Crippen LogP contribution >= 0.6 is 0 Å². The lowest BCUT2D eigenvalue weighted by molar-refractivity contribution is -0.139. The number of hydrogen-bond acceptors (Lipinski definition) is 3. The van der Waals surface area contributed by atoms with Gasteiger partial charge in [-0.2, -0.15) is 5.26 Å². The van der Waals surface area contributed by atoms with E-state index in [1.165, 1.54) is 0 Å². The van der Waals surface area contributed by atoms with Crippen molar-refractivity contribution in [2.75, 3.05) is 33.7 Å². The summed E-state index contributed by atoms with van der Waals surface area (Å²) >= 11 is 0. The largest absolute Gasteiger partial charge is 0.344 e. The van der Waals surface area contributed by atoms with E-state index in [9.17, 15) is 10.1 Å². The molecule has 1 aliphatic carbocycles. The number of piperidine rings is 1. The molecule has 0 aromatic heterocycles. The number of nitrogens with zero attached hydrogens (tertiary/aromatic N) is 3. The van der Waals surface area contributed by atoms with Crippen LogP contribution in [0.25, 0.3) is 0 Å². The first-order valence-electron chi connectivity index (χ1n) is 8.43. The maximum atomic E-state index is 12.8. The van der Waals surface area contributed by atoms with Crippen molar-refractivity contribution >= 4 is 5.91 Å². The van der Waals surface area contributed by atoms with Gasteiger partial charge in [-0.15, -0.1) is 0 Å². The highest BCUT2D eigenvalue weighted by molar-refractivity contribution is 5.85. The van der Waals surface area contributed by atoms with Gasteiger partial charge in [0, 0.05) is 13.6 Å². The lowest BCUT2D eigenvalue weighted by Crippen LogP contribution is -2.44. The van der Waals surface area contributed by atoms with E-state index in [0.29, 0.717) is 5.92 Å². The summed E-state index contributed by atoms with van der Waals surface area (Å²) in [5.74, 6) is 0.669. The number of rotatable bonds is 3. The minimum Gasteiger partial charge on any atom is -0.344 e. The fourth-order valence-corrected chi connectivity index (χ4v) is 3.79. The first-order valence-corrected chi connectivity index (χ1v) is 8.43. The summed E-state index contributed by atoms with van der Waals surface area (Å²) in [7, 11) is 4.05. The normalized spacial score (nSPS) is 24.0. The fourth-order valence-electron chi connectivity index (χ4n) is 3.79. The average molecular weight is 291 g/mol. The highest BCUT2D eigenvalue weighted by atomic mass is 16.2. The second kappa shape index (κ2) is 7.26. The molecule has 0 aromatic carbocycles. The summed E-state index contributed by atoms with van der Waals surface area (Å²) in [6.07, 6.45) is 8.18. The third-order valence-electron chi connectivity index (χ3n) is 5.30. The molecule has 0 bridgehead atoms. The van der Waals surface area contributed by atoms with Gasteiger partial charge in [0.05, 0.1) is 6.07 Å². The van der Waals surface area contributed by atoms with Crippen LogP contribution in [0.15, 0.2) is 0 Å². The Hall–Kier alpha value is -1.08. The van der Waals surface area contributed by atoms with Gasteiger partial charge in [-0.3, -0.25) is 4.79 Å². The van der Waals surface area contributed by atoms with Gasteiger partial charge in [-0.05, 0) is 51.7 Å². The standard InChI is InChI=1S/C17H29N3O/c1-19-11-7-15(8-12-19)13-20(2)16(21)17(14-18)9-5-3-4-6-10-17/h15H,3-13H2,1-2H3. The van der Waals surface area contributed by atoms with Gasteiger partial charge in [0.2, 0.25) is 5.91 Å². The SMILES string of the molecule is CN1CCC(CN(C)C(=O)C2(C#N)CCCCCC2)CC1. The van der Waals surface area contributed by atoms with E-state index in [0.717, 1.165) is 71.0 Å². The number of nitriles is 1. The Morgan fingerprint density at radius 2 is 1.81 bits per heavy atom. The van der Waals surface area contributed by atoms with Crippen molar-refractivity contribution in [3.63, 3.8) is 0 Å². The van der Waals surface area contributed by atoms with Gasteiger partial charge in [0.1, 0.15) is 5.41 Å². The van der Waals surface area contributed by atoms with Gasteiger partial charge >= 0.3 is 0 Å². The first-order chi connectivity index (χ1) is 10.1. The Balaban J connectivity index is 1.95. The number of likely N-dealkylation sites (tertiary alicyclic amines) is 1. The van der Waals surface area contributed by atoms with Crippen LogP contribution in [0.5, 0.6) is 0 Å². The molecule has 21 heavy (non-hydrogen) atoms. The van der Waals surface area contributed by atoms with Crippen LogP contribution in [-0.4, -0.2) is 49.4 Å². The molecule has 4 nitrogen and oxygen atoms in total. The summed E-state index contributed by atoms with van der Waals surface area (Å²) in [4.78, 5) is 17.0. The van der Waals surface area contributed by atoms with Gasteiger partial charge in [-0.1, -0.05) is 25.7 Å². The van der Waals surface area contributed by atoms with Crippen molar-refractivity contribution in [3.8, 4) is 6.07 Å². The molecular formula is C17H29N3O. The third-order valence-corrected chi connectivity index (χ3v) is 5.30. The van der Waals surface area contributed by atoms with Crippen molar-refractivity contribution in [2.45, 2.75) is 51.4 Å². The monoisotopic (exact) mass is 291 g/mol. The molecule has 0 spiro atoms. The van der Waals surface area contributed by atoms with Crippen LogP contribution in [-0.2, 0) is 4.79 Å². The molecular weight excluding hydrogens is 262 g/mol. The maximum Gasteiger partial charge on any atom is 0.242 e. The highest BCUT2D eigenvalue weighted by Gasteiger charge is 2.41. The van der Waals surface area contributed by atoms with Crippen molar-refractivity contribution in [1.29, 1.82) is 5.26 Å². The Morgan fingerprint density at radius 1 is 1.24 bits per heavy atom. The Kier molecular flexibility index (Phi) is 5.64. The van der Waals surface area contributed by atoms with E-state index < -0.39 is 5.41 Å². The molecule has 4 heteroatoms. The molecule has 0 aromatic rings. The summed E-state index contributed by atoms with van der Waals surface area (Å²) in [5, 5.41) is 9.62. The van der Waals surface area contributed by atoms with Gasteiger partial charge in [0.15, 0.2) is 0 Å². The summed E-state index contributed by atoms with van der Waals surface area (Å²) in [6, 6.07) is 2.38. The van der Waals surface area contributed by atoms with Crippen LogP contribution in [0, 0.1) is 22.7 Å². The maximum absolute atomic E-state index is 12.8. The molecule has 2 fully saturated rings. The molecule has 0 unspecified atom stereocenters. The molecule has 0 radical (unpaired) electrons. The van der Waals surface area contributed by atoms with Gasteiger partial charge in [0.25, 0.3) is 0 Å². The quantitative estimate of drug-likeness (QED) is 0.751. The zero-order valence-electron chi connectivity index (χ0n) is 13.6. The molecule has 1 amide bonds. The lowest BCUT2D eigenvalue weighted by Gasteiger charge is -2.34. The van der Waals surface area contributed by atoms with Crippen LogP contribution in [0.3, 0.4) is 0 Å². The first kappa shape index (κ1) is 16.3. The predicted molar refractivity (Wildman–Crippen MR) is 83.6 cm³/mol. The van der Waals surface area contributed by atoms with Crippen LogP contribution in [0.2, 0.25) is 0 Å². The van der Waals surface area contributed by atoms with Crippen molar-refractivity contribution in [2.24, 2.45) is 11.3 Å². The fraction of sp³-hybridized carbons (Fsp3) is 0.882. The smallest absolute Gasteiger partial charge is 0.242 e. The predicted octanol–water partition coefficient (Wildman–Crippen LogP) is 2.65. The van der Waals surface area contributed by atoms with E-state index in [2.05, 4.69) is 18.0 Å². The summed E-state index contributed by atoms with van der Waals surface area (Å²) in [5.41, 5.74) is -0.739. The highest BCUT2D eigenvalue weighted by Crippen LogP contribution is 2.36. The van der Waals surface area contributed by atoms with Crippen molar-refractivity contribution in [3.05, 3.63) is 0 Å². The zero-order valence-corrected chi connectivity index (χ0v) is 13.6. The number of carbonyl (C=O) groups is 1. The molecule has 0 atom stereocenters. The van der Waals surface area contributed by atoms with E-state index in [4.69, 9.17) is 0 Å². The Bertz CT molecular complexity index is 385. The molecule has 1 aliphatic heterocycles. The topological polar surface area (TPSA) is 47.3 Å². The Labute approximate surface area is 129 Å². The van der Waals surface area contributed by atoms with Gasteiger partial charge < -0.3 is 9.80 Å². The minimum atomic E-state index is -0.739. The zero-order chi connectivity index (χ0) is 15.3. The van der Waals surface area contributed by atoms with Gasteiger partial charge in [-0.25, -0.2) is 0 Å². The summed E-state index contributed by atoms with van der Waals surface area (Å²) < 4.78 is 0. The molecule has 118 valence electrons. The van der Waals surface area contributed by atoms with E-state index in [1.807, 2.05) is 11.9 Å². The second-order valence-electron chi connectivity index (χ2n) is 7.04. The average Bonchev–Trinajstić information content (AvgIpc) is 2.75. The third kappa shape index (κ3) is 3.97. The van der Waals surface area contributed by atoms with Crippen LogP contribution in [0.4, 0.5) is 0 Å². The van der Waals surface area contributed by atoms with E-state index >= 15 is 0 Å². The lowest BCUT2D eigenvalue weighted by atomic mass is 9.80. The molecule has 1 saturated heterocycles. The molecule has 1 heterocycles. The Morgan fingerprint density at radius 3 is 2.33 bits per heavy atom. The van der Waals surface area contributed by atoms with E-state index in [-0.39, 0.29) is 5.91 Å². The number of carbonyl (C=O) groups excluding carboxylic acids is 1. The van der Waals surface area contributed by atoms with E-state index in [1.54, 1.807) is 0 Å². The molecule has 1 saturated carbocycles. The van der Waals surface area contributed by atoms with Crippen LogP contribution < -0.4 is 0 Å². The van der Waals surface area contributed by atoms with Crippen LogP contribution in [0.1, 0.15) is 51.4 Å². The molecule has 2 aliphatic rings.